The van der Waals surface area contributed by atoms with E-state index in [4.69, 9.17) is 10.5 Å². The van der Waals surface area contributed by atoms with Crippen LogP contribution in [-0.4, -0.2) is 17.3 Å². The first kappa shape index (κ1) is 14.5. The van der Waals surface area contributed by atoms with Crippen molar-refractivity contribution in [2.75, 3.05) is 7.11 Å². The zero-order chi connectivity index (χ0) is 14.9. The summed E-state index contributed by atoms with van der Waals surface area (Å²) >= 11 is 0. The van der Waals surface area contributed by atoms with Crippen molar-refractivity contribution >= 4 is 0 Å². The molecular formula is C16H21N3O. The van der Waals surface area contributed by atoms with Crippen molar-refractivity contribution in [3.63, 3.8) is 0 Å². The average molecular weight is 271 g/mol. The fourth-order valence-electron chi connectivity index (χ4n) is 2.55. The van der Waals surface area contributed by atoms with Gasteiger partial charge in [-0.2, -0.15) is 10.2 Å². The Kier molecular flexibility index (Phi) is 4.04. The number of rotatable bonds is 3. The molecule has 0 spiro atoms. The van der Waals surface area contributed by atoms with E-state index < -0.39 is 0 Å². The van der Waals surface area contributed by atoms with Gasteiger partial charge in [0, 0.05) is 5.56 Å². The van der Waals surface area contributed by atoms with E-state index in [1.165, 1.54) is 0 Å². The lowest BCUT2D eigenvalue weighted by Gasteiger charge is -2.20. The Balaban J connectivity index is 2.58. The number of ether oxygens (including phenoxy) is 1. The second-order valence-electron chi connectivity index (χ2n) is 5.20. The number of hydrogen-bond acceptors (Lipinski definition) is 4. The Hall–Kier alpha value is -1.94. The zero-order valence-corrected chi connectivity index (χ0v) is 12.7. The van der Waals surface area contributed by atoms with Gasteiger partial charge in [-0.3, -0.25) is 0 Å². The molecule has 1 heterocycles. The molecule has 0 bridgehead atoms. The molecule has 4 nitrogen and oxygen atoms in total. The predicted octanol–water partition coefficient (Wildman–Crippen LogP) is 2.77. The molecule has 0 aliphatic carbocycles. The summed E-state index contributed by atoms with van der Waals surface area (Å²) < 4.78 is 5.50. The van der Waals surface area contributed by atoms with Crippen molar-refractivity contribution in [2.24, 2.45) is 5.73 Å². The minimum absolute atomic E-state index is 0.264. The molecule has 0 radical (unpaired) electrons. The van der Waals surface area contributed by atoms with Crippen LogP contribution < -0.4 is 10.5 Å². The monoisotopic (exact) mass is 271 g/mol. The molecular weight excluding hydrogens is 250 g/mol. The summed E-state index contributed by atoms with van der Waals surface area (Å²) in [6, 6.07) is 5.86. The molecule has 2 N–H and O–H groups in total. The van der Waals surface area contributed by atoms with Gasteiger partial charge in [0.15, 0.2) is 0 Å². The smallest absolute Gasteiger partial charge is 0.124 e. The number of hydrogen-bond donors (Lipinski definition) is 1. The van der Waals surface area contributed by atoms with Crippen LogP contribution in [0.25, 0.3) is 0 Å². The van der Waals surface area contributed by atoms with Gasteiger partial charge in [-0.1, -0.05) is 6.07 Å². The summed E-state index contributed by atoms with van der Waals surface area (Å²) in [4.78, 5) is 0. The fraction of sp³-hybridized carbons (Fsp3) is 0.375. The van der Waals surface area contributed by atoms with Crippen molar-refractivity contribution in [1.82, 2.24) is 10.2 Å². The van der Waals surface area contributed by atoms with E-state index >= 15 is 0 Å². The van der Waals surface area contributed by atoms with Gasteiger partial charge in [0.2, 0.25) is 0 Å². The number of methoxy groups -OCH3 is 1. The van der Waals surface area contributed by atoms with Gasteiger partial charge in [-0.05, 0) is 56.5 Å². The van der Waals surface area contributed by atoms with Crippen LogP contribution in [0.1, 0.15) is 39.7 Å². The number of aromatic nitrogens is 2. The maximum absolute atomic E-state index is 6.47. The Morgan fingerprint density at radius 2 is 1.75 bits per heavy atom. The summed E-state index contributed by atoms with van der Waals surface area (Å²) in [5.41, 5.74) is 12.5. The number of nitrogens with two attached hydrogens (primary N) is 1. The minimum atomic E-state index is -0.264. The first-order valence-corrected chi connectivity index (χ1v) is 6.65. The third-order valence-corrected chi connectivity index (χ3v) is 3.50. The minimum Gasteiger partial charge on any atom is -0.496 e. The summed E-state index contributed by atoms with van der Waals surface area (Å²) in [5.74, 6) is 0.823. The largest absolute Gasteiger partial charge is 0.496 e. The van der Waals surface area contributed by atoms with Crippen LogP contribution in [0, 0.1) is 27.7 Å². The zero-order valence-electron chi connectivity index (χ0n) is 12.7. The molecule has 4 heteroatoms. The van der Waals surface area contributed by atoms with Gasteiger partial charge in [0.25, 0.3) is 0 Å². The third-order valence-electron chi connectivity index (χ3n) is 3.50. The molecule has 1 unspecified atom stereocenters. The SMILES string of the molecule is COc1cc(C)cc(C)c1C(N)c1cc(C)nnc1C. The standard InChI is InChI=1S/C16H21N3O/c1-9-6-10(2)15(14(7-9)20-5)16(17)13-8-11(3)18-19-12(13)4/h6-8,16H,17H2,1-5H3. The molecule has 2 rings (SSSR count). The molecule has 1 aromatic carbocycles. The van der Waals surface area contributed by atoms with E-state index in [0.29, 0.717) is 0 Å². The molecule has 0 aliphatic rings. The number of benzene rings is 1. The lowest BCUT2D eigenvalue weighted by molar-refractivity contribution is 0.407. The Labute approximate surface area is 120 Å². The molecule has 0 fully saturated rings. The second-order valence-corrected chi connectivity index (χ2v) is 5.20. The molecule has 0 saturated heterocycles. The lowest BCUT2D eigenvalue weighted by atomic mass is 9.92. The van der Waals surface area contributed by atoms with Gasteiger partial charge >= 0.3 is 0 Å². The second kappa shape index (κ2) is 5.59. The molecule has 0 aliphatic heterocycles. The highest BCUT2D eigenvalue weighted by molar-refractivity contribution is 5.49. The fourth-order valence-corrected chi connectivity index (χ4v) is 2.55. The maximum atomic E-state index is 6.47. The quantitative estimate of drug-likeness (QED) is 0.932. The van der Waals surface area contributed by atoms with Crippen molar-refractivity contribution in [3.05, 3.63) is 51.8 Å². The summed E-state index contributed by atoms with van der Waals surface area (Å²) in [6.07, 6.45) is 0. The number of nitrogens with zero attached hydrogens (tertiary/aromatic N) is 2. The first-order valence-electron chi connectivity index (χ1n) is 6.65. The van der Waals surface area contributed by atoms with E-state index in [2.05, 4.69) is 23.2 Å². The van der Waals surface area contributed by atoms with Crippen LogP contribution in [0.4, 0.5) is 0 Å². The average Bonchev–Trinajstić information content (AvgIpc) is 2.40. The van der Waals surface area contributed by atoms with Gasteiger partial charge in [0.1, 0.15) is 5.75 Å². The highest BCUT2D eigenvalue weighted by Gasteiger charge is 2.19. The third kappa shape index (κ3) is 2.65. The Morgan fingerprint density at radius 1 is 1.05 bits per heavy atom. The summed E-state index contributed by atoms with van der Waals surface area (Å²) in [7, 11) is 1.67. The van der Waals surface area contributed by atoms with E-state index in [0.717, 1.165) is 39.4 Å². The van der Waals surface area contributed by atoms with Crippen molar-refractivity contribution in [2.45, 2.75) is 33.7 Å². The van der Waals surface area contributed by atoms with Crippen LogP contribution in [0.3, 0.4) is 0 Å². The van der Waals surface area contributed by atoms with Gasteiger partial charge in [-0.25, -0.2) is 0 Å². The highest BCUT2D eigenvalue weighted by atomic mass is 16.5. The van der Waals surface area contributed by atoms with Crippen molar-refractivity contribution < 1.29 is 4.74 Å². The van der Waals surface area contributed by atoms with Crippen LogP contribution in [-0.2, 0) is 0 Å². The Bertz CT molecular complexity index is 638. The molecule has 1 atom stereocenters. The van der Waals surface area contributed by atoms with E-state index in [-0.39, 0.29) is 6.04 Å². The van der Waals surface area contributed by atoms with Crippen LogP contribution in [0.5, 0.6) is 5.75 Å². The first-order chi connectivity index (χ1) is 9.43. The van der Waals surface area contributed by atoms with Crippen LogP contribution in [0.2, 0.25) is 0 Å². The summed E-state index contributed by atoms with van der Waals surface area (Å²) in [6.45, 7) is 7.95. The molecule has 0 saturated carbocycles. The van der Waals surface area contributed by atoms with Crippen LogP contribution >= 0.6 is 0 Å². The predicted molar refractivity (Wildman–Crippen MR) is 80.0 cm³/mol. The highest BCUT2D eigenvalue weighted by Crippen LogP contribution is 2.33. The van der Waals surface area contributed by atoms with Crippen molar-refractivity contribution in [3.8, 4) is 5.75 Å². The topological polar surface area (TPSA) is 61.0 Å². The molecule has 2 aromatic rings. The van der Waals surface area contributed by atoms with E-state index in [9.17, 15) is 0 Å². The number of aryl methyl sites for hydroxylation is 4. The lowest BCUT2D eigenvalue weighted by Crippen LogP contribution is -2.17. The van der Waals surface area contributed by atoms with E-state index in [1.807, 2.05) is 32.9 Å². The van der Waals surface area contributed by atoms with E-state index in [1.54, 1.807) is 7.11 Å². The Morgan fingerprint density at radius 3 is 2.40 bits per heavy atom. The maximum Gasteiger partial charge on any atom is 0.124 e. The van der Waals surface area contributed by atoms with Gasteiger partial charge in [-0.15, -0.1) is 0 Å². The van der Waals surface area contributed by atoms with Gasteiger partial charge in [0.05, 0.1) is 24.5 Å². The molecule has 20 heavy (non-hydrogen) atoms. The summed E-state index contributed by atoms with van der Waals surface area (Å²) in [5, 5.41) is 8.21. The van der Waals surface area contributed by atoms with Crippen molar-refractivity contribution in [1.29, 1.82) is 0 Å². The van der Waals surface area contributed by atoms with Gasteiger partial charge < -0.3 is 10.5 Å². The molecule has 0 amide bonds. The molecule has 1 aromatic heterocycles. The molecule has 106 valence electrons. The normalized spacial score (nSPS) is 12.3. The van der Waals surface area contributed by atoms with Crippen LogP contribution in [0.15, 0.2) is 18.2 Å².